The summed E-state index contributed by atoms with van der Waals surface area (Å²) < 4.78 is 28.3. The zero-order valence-corrected chi connectivity index (χ0v) is 18.8. The molecule has 158 valence electrons. The highest BCUT2D eigenvalue weighted by molar-refractivity contribution is 9.10. The number of hydrogen-bond acceptors (Lipinski definition) is 4. The van der Waals surface area contributed by atoms with Crippen LogP contribution in [0.25, 0.3) is 11.0 Å². The third-order valence-corrected chi connectivity index (χ3v) is 5.50. The second-order valence-electron chi connectivity index (χ2n) is 8.54. The van der Waals surface area contributed by atoms with Gasteiger partial charge in [0.2, 0.25) is 0 Å². The molecule has 0 spiro atoms. The quantitative estimate of drug-likeness (QED) is 0.472. The van der Waals surface area contributed by atoms with Gasteiger partial charge in [0.15, 0.2) is 0 Å². The van der Waals surface area contributed by atoms with Crippen LogP contribution in [0.4, 0.5) is 4.39 Å². The number of fused-ring (bicyclic) bond motifs is 1. The molecule has 1 unspecified atom stereocenters. The Labute approximate surface area is 183 Å². The molecule has 0 amide bonds. The summed E-state index contributed by atoms with van der Waals surface area (Å²) in [6.45, 7) is 6.88. The Balaban J connectivity index is 1.73. The van der Waals surface area contributed by atoms with Crippen molar-refractivity contribution in [2.75, 3.05) is 6.61 Å². The first kappa shape index (κ1) is 21.0. The van der Waals surface area contributed by atoms with Gasteiger partial charge < -0.3 is 14.0 Å². The van der Waals surface area contributed by atoms with Crippen molar-refractivity contribution in [3.63, 3.8) is 0 Å². The molecule has 0 bridgehead atoms. The van der Waals surface area contributed by atoms with Crippen molar-refractivity contribution in [2.45, 2.75) is 51.9 Å². The molecule has 0 aliphatic carbocycles. The van der Waals surface area contributed by atoms with Gasteiger partial charge in [-0.05, 0) is 63.1 Å². The number of carbonyl (C=O) groups is 1. The first-order valence-electron chi connectivity index (χ1n) is 9.98. The van der Waals surface area contributed by atoms with Gasteiger partial charge >= 0.3 is 5.97 Å². The molecule has 2 aromatic carbocycles. The monoisotopic (exact) mass is 474 g/mol. The highest BCUT2D eigenvalue weighted by Crippen LogP contribution is 2.26. The predicted octanol–water partition coefficient (Wildman–Crippen LogP) is 5.27. The number of nitrogens with zero attached hydrogens (tertiary/aromatic N) is 2. The summed E-state index contributed by atoms with van der Waals surface area (Å²) in [6.07, 6.45) is 1.42. The maximum atomic E-state index is 14.4. The van der Waals surface area contributed by atoms with Gasteiger partial charge in [-0.1, -0.05) is 22.0 Å². The first-order chi connectivity index (χ1) is 14.2. The van der Waals surface area contributed by atoms with E-state index in [0.717, 1.165) is 29.9 Å². The van der Waals surface area contributed by atoms with Crippen LogP contribution in [0.2, 0.25) is 0 Å². The fourth-order valence-electron chi connectivity index (χ4n) is 3.44. The summed E-state index contributed by atoms with van der Waals surface area (Å²) in [6, 6.07) is 10.4. The molecule has 1 atom stereocenters. The molecule has 4 rings (SSSR count). The van der Waals surface area contributed by atoms with Crippen molar-refractivity contribution < 1.29 is 18.7 Å². The van der Waals surface area contributed by atoms with E-state index in [9.17, 15) is 9.18 Å². The molecule has 1 aliphatic heterocycles. The van der Waals surface area contributed by atoms with Crippen molar-refractivity contribution >= 4 is 32.9 Å². The van der Waals surface area contributed by atoms with Crippen LogP contribution in [0.15, 0.2) is 40.9 Å². The minimum absolute atomic E-state index is 0.0982. The van der Waals surface area contributed by atoms with Crippen LogP contribution in [0.5, 0.6) is 0 Å². The molecule has 30 heavy (non-hydrogen) atoms. The minimum atomic E-state index is -0.573. The molecule has 1 aromatic heterocycles. The first-order valence-corrected chi connectivity index (χ1v) is 10.8. The number of aromatic nitrogens is 2. The zero-order valence-electron chi connectivity index (χ0n) is 17.2. The van der Waals surface area contributed by atoms with E-state index >= 15 is 0 Å². The van der Waals surface area contributed by atoms with Crippen molar-refractivity contribution in [1.82, 2.24) is 9.55 Å². The van der Waals surface area contributed by atoms with Crippen LogP contribution in [0.3, 0.4) is 0 Å². The third-order valence-electron chi connectivity index (χ3n) is 5.01. The molecule has 0 N–H and O–H groups in total. The van der Waals surface area contributed by atoms with E-state index in [-0.39, 0.29) is 17.9 Å². The number of hydrogen-bond donors (Lipinski definition) is 0. The number of rotatable bonds is 5. The topological polar surface area (TPSA) is 53.3 Å². The van der Waals surface area contributed by atoms with Gasteiger partial charge in [0.1, 0.15) is 17.2 Å². The summed E-state index contributed by atoms with van der Waals surface area (Å²) in [5, 5.41) is 0. The average molecular weight is 475 g/mol. The van der Waals surface area contributed by atoms with Crippen LogP contribution in [-0.4, -0.2) is 33.8 Å². The smallest absolute Gasteiger partial charge is 0.338 e. The lowest BCUT2D eigenvalue weighted by Gasteiger charge is -2.27. The highest BCUT2D eigenvalue weighted by Gasteiger charge is 2.24. The molecule has 0 saturated carbocycles. The molecule has 3 aromatic rings. The second kappa shape index (κ2) is 8.12. The SMILES string of the molecule is CC(C)(C)OC(=O)c1ccc2nc(Cc3ccc(Br)cc3F)n(CC3CCO3)c2c1. The van der Waals surface area contributed by atoms with Gasteiger partial charge in [0.05, 0.1) is 29.2 Å². The Kier molecular flexibility index (Phi) is 5.68. The Morgan fingerprint density at radius 1 is 1.30 bits per heavy atom. The van der Waals surface area contributed by atoms with Gasteiger partial charge in [-0.15, -0.1) is 0 Å². The van der Waals surface area contributed by atoms with Gasteiger partial charge in [-0.25, -0.2) is 14.2 Å². The average Bonchev–Trinajstić information content (AvgIpc) is 2.95. The number of carbonyl (C=O) groups excluding carboxylic acids is 1. The minimum Gasteiger partial charge on any atom is -0.456 e. The summed E-state index contributed by atoms with van der Waals surface area (Å²) in [5.41, 5.74) is 2.04. The number of imidazole rings is 1. The highest BCUT2D eigenvalue weighted by atomic mass is 79.9. The second-order valence-corrected chi connectivity index (χ2v) is 9.45. The molecular formula is C23H24BrFN2O3. The van der Waals surface area contributed by atoms with E-state index in [1.165, 1.54) is 6.07 Å². The Morgan fingerprint density at radius 2 is 2.07 bits per heavy atom. The lowest BCUT2D eigenvalue weighted by molar-refractivity contribution is -0.0589. The van der Waals surface area contributed by atoms with Gasteiger partial charge in [-0.3, -0.25) is 0 Å². The van der Waals surface area contributed by atoms with E-state index in [1.54, 1.807) is 18.2 Å². The van der Waals surface area contributed by atoms with E-state index in [1.807, 2.05) is 37.5 Å². The van der Waals surface area contributed by atoms with Gasteiger partial charge in [0, 0.05) is 17.5 Å². The van der Waals surface area contributed by atoms with Gasteiger partial charge in [-0.2, -0.15) is 0 Å². The summed E-state index contributed by atoms with van der Waals surface area (Å²) >= 11 is 3.29. The lowest BCUT2D eigenvalue weighted by atomic mass is 10.1. The van der Waals surface area contributed by atoms with Gasteiger partial charge in [0.25, 0.3) is 0 Å². The van der Waals surface area contributed by atoms with Crippen LogP contribution in [-0.2, 0) is 22.4 Å². The van der Waals surface area contributed by atoms with Crippen LogP contribution >= 0.6 is 15.9 Å². The molecule has 0 radical (unpaired) electrons. The Bertz CT molecular complexity index is 1100. The summed E-state index contributed by atoms with van der Waals surface area (Å²) in [5.74, 6) is 0.0814. The molecule has 2 heterocycles. The normalized spacial score (nSPS) is 16.5. The van der Waals surface area contributed by atoms with Crippen LogP contribution in [0, 0.1) is 5.82 Å². The molecular weight excluding hydrogens is 451 g/mol. The van der Waals surface area contributed by atoms with Crippen molar-refractivity contribution in [1.29, 1.82) is 0 Å². The van der Waals surface area contributed by atoms with Crippen LogP contribution < -0.4 is 0 Å². The molecule has 5 nitrogen and oxygen atoms in total. The predicted molar refractivity (Wildman–Crippen MR) is 116 cm³/mol. The molecule has 1 saturated heterocycles. The molecule has 1 fully saturated rings. The van der Waals surface area contributed by atoms with E-state index in [2.05, 4.69) is 15.9 Å². The van der Waals surface area contributed by atoms with Crippen LogP contribution in [0.1, 0.15) is 48.9 Å². The largest absolute Gasteiger partial charge is 0.456 e. The lowest BCUT2D eigenvalue weighted by Crippen LogP contribution is -2.31. The molecule has 7 heteroatoms. The Hall–Kier alpha value is -2.25. The third kappa shape index (κ3) is 4.57. The maximum Gasteiger partial charge on any atom is 0.338 e. The van der Waals surface area contributed by atoms with Crippen molar-refractivity contribution in [3.05, 3.63) is 63.6 Å². The van der Waals surface area contributed by atoms with E-state index in [0.29, 0.717) is 28.6 Å². The zero-order chi connectivity index (χ0) is 21.5. The number of ether oxygens (including phenoxy) is 2. The standard InChI is InChI=1S/C23H24BrFN2O3/c1-23(2,3)30-22(28)15-5-7-19-20(10-15)27(13-17-8-9-29-17)21(26-19)11-14-4-6-16(24)12-18(14)25/h4-7,10,12,17H,8-9,11,13H2,1-3H3. The van der Waals surface area contributed by atoms with Crippen molar-refractivity contribution in [3.8, 4) is 0 Å². The van der Waals surface area contributed by atoms with E-state index < -0.39 is 5.60 Å². The fourth-order valence-corrected chi connectivity index (χ4v) is 3.78. The summed E-state index contributed by atoms with van der Waals surface area (Å²) in [4.78, 5) is 17.3. The molecule has 1 aliphatic rings. The Morgan fingerprint density at radius 3 is 2.70 bits per heavy atom. The maximum absolute atomic E-state index is 14.4. The number of benzene rings is 2. The number of halogens is 2. The number of esters is 1. The summed E-state index contributed by atoms with van der Waals surface area (Å²) in [7, 11) is 0. The van der Waals surface area contributed by atoms with Crippen molar-refractivity contribution in [2.24, 2.45) is 0 Å². The fraction of sp³-hybridized carbons (Fsp3) is 0.391. The van der Waals surface area contributed by atoms with E-state index in [4.69, 9.17) is 14.5 Å².